The summed E-state index contributed by atoms with van der Waals surface area (Å²) in [5, 5.41) is 3.98. The third-order valence-electron chi connectivity index (χ3n) is 5.21. The molecule has 0 radical (unpaired) electrons. The van der Waals surface area contributed by atoms with Gasteiger partial charge < -0.3 is 15.0 Å². The molecule has 0 saturated heterocycles. The van der Waals surface area contributed by atoms with Crippen molar-refractivity contribution in [1.29, 1.82) is 0 Å². The maximum Gasteiger partial charge on any atom is 0.242 e. The molecule has 2 aromatic carbocycles. The van der Waals surface area contributed by atoms with Crippen LogP contribution in [-0.2, 0) is 21.9 Å². The molecule has 8 heteroatoms. The number of carbonyl (C=O) groups is 2. The summed E-state index contributed by atoms with van der Waals surface area (Å²) in [4.78, 5) is 27.8. The Kier molecular flexibility index (Phi) is 11.9. The topological polar surface area (TPSA) is 58.6 Å². The second-order valence-corrected chi connectivity index (χ2v) is 9.48. The molecule has 0 aliphatic rings. The molecule has 0 aromatic heterocycles. The van der Waals surface area contributed by atoms with Crippen LogP contribution >= 0.6 is 35.0 Å². The maximum absolute atomic E-state index is 13.3. The standard InChI is InChI=1S/C25H32Cl2N2O3S/c1-4-6-13-28-25(31)23(5-2)29(15-18-7-10-20(32-3)11-8-18)24(30)17-33-16-19-9-12-21(26)22(27)14-19/h7-12,14,23H,4-6,13,15-17H2,1-3H3,(H,28,31). The minimum atomic E-state index is -0.526. The fourth-order valence-electron chi connectivity index (χ4n) is 3.32. The number of hydrogen-bond donors (Lipinski definition) is 1. The van der Waals surface area contributed by atoms with E-state index in [2.05, 4.69) is 12.2 Å². The summed E-state index contributed by atoms with van der Waals surface area (Å²) in [5.74, 6) is 1.45. The fraction of sp³-hybridized carbons (Fsp3) is 0.440. The summed E-state index contributed by atoms with van der Waals surface area (Å²) in [6.07, 6.45) is 2.45. The molecule has 2 amide bonds. The maximum atomic E-state index is 13.3. The molecule has 0 aliphatic carbocycles. The first-order chi connectivity index (χ1) is 15.9. The summed E-state index contributed by atoms with van der Waals surface area (Å²) < 4.78 is 5.23. The molecule has 1 unspecified atom stereocenters. The van der Waals surface area contributed by atoms with Crippen LogP contribution in [0.2, 0.25) is 10.0 Å². The minimum absolute atomic E-state index is 0.0756. The van der Waals surface area contributed by atoms with Crippen molar-refractivity contribution < 1.29 is 14.3 Å². The highest BCUT2D eigenvalue weighted by Crippen LogP contribution is 2.25. The number of nitrogens with one attached hydrogen (secondary N) is 1. The van der Waals surface area contributed by atoms with Gasteiger partial charge >= 0.3 is 0 Å². The zero-order valence-corrected chi connectivity index (χ0v) is 21.7. The van der Waals surface area contributed by atoms with E-state index in [0.29, 0.717) is 35.3 Å². The lowest BCUT2D eigenvalue weighted by molar-refractivity contribution is -0.139. The number of nitrogens with zero attached hydrogens (tertiary/aromatic N) is 1. The van der Waals surface area contributed by atoms with Crippen LogP contribution in [0, 0.1) is 0 Å². The number of ether oxygens (including phenoxy) is 1. The number of benzene rings is 2. The number of thioether (sulfide) groups is 1. The molecule has 0 aliphatic heterocycles. The van der Waals surface area contributed by atoms with Gasteiger partial charge in [-0.2, -0.15) is 0 Å². The van der Waals surface area contributed by atoms with Crippen molar-refractivity contribution in [3.63, 3.8) is 0 Å². The van der Waals surface area contributed by atoms with E-state index in [-0.39, 0.29) is 17.6 Å². The lowest BCUT2D eigenvalue weighted by atomic mass is 10.1. The van der Waals surface area contributed by atoms with Gasteiger partial charge in [-0.25, -0.2) is 0 Å². The highest BCUT2D eigenvalue weighted by Gasteiger charge is 2.28. The van der Waals surface area contributed by atoms with Gasteiger partial charge in [0.25, 0.3) is 0 Å². The summed E-state index contributed by atoms with van der Waals surface area (Å²) >= 11 is 13.6. The largest absolute Gasteiger partial charge is 0.497 e. The monoisotopic (exact) mass is 510 g/mol. The molecule has 0 saturated carbocycles. The summed E-state index contributed by atoms with van der Waals surface area (Å²) in [6.45, 7) is 4.98. The van der Waals surface area contributed by atoms with Gasteiger partial charge in [-0.3, -0.25) is 9.59 Å². The number of methoxy groups -OCH3 is 1. The van der Waals surface area contributed by atoms with E-state index in [9.17, 15) is 9.59 Å². The van der Waals surface area contributed by atoms with Crippen LogP contribution in [0.4, 0.5) is 0 Å². The smallest absolute Gasteiger partial charge is 0.242 e. The van der Waals surface area contributed by atoms with E-state index in [1.165, 1.54) is 11.8 Å². The molecule has 2 aromatic rings. The van der Waals surface area contributed by atoms with Gasteiger partial charge in [0.1, 0.15) is 11.8 Å². The first-order valence-corrected chi connectivity index (χ1v) is 13.0. The first kappa shape index (κ1) is 27.4. The van der Waals surface area contributed by atoms with Gasteiger partial charge in [-0.1, -0.05) is 61.7 Å². The Hall–Kier alpha value is -1.89. The molecule has 0 fully saturated rings. The average Bonchev–Trinajstić information content (AvgIpc) is 2.81. The van der Waals surface area contributed by atoms with E-state index in [1.807, 2.05) is 43.3 Å². The predicted octanol–water partition coefficient (Wildman–Crippen LogP) is 5.96. The van der Waals surface area contributed by atoms with Crippen molar-refractivity contribution in [1.82, 2.24) is 10.2 Å². The number of carbonyl (C=O) groups excluding carboxylic acids is 2. The molecule has 180 valence electrons. The number of halogens is 2. The zero-order valence-electron chi connectivity index (χ0n) is 19.4. The van der Waals surface area contributed by atoms with Crippen molar-refractivity contribution in [2.45, 2.75) is 51.4 Å². The van der Waals surface area contributed by atoms with Gasteiger partial charge in [0.05, 0.1) is 22.9 Å². The molecule has 2 rings (SSSR count). The van der Waals surface area contributed by atoms with Crippen molar-refractivity contribution in [3.8, 4) is 5.75 Å². The Labute approximate surface area is 211 Å². The second-order valence-electron chi connectivity index (χ2n) is 7.68. The number of rotatable bonds is 13. The van der Waals surface area contributed by atoms with Crippen LogP contribution in [0.1, 0.15) is 44.2 Å². The van der Waals surface area contributed by atoms with Crippen LogP contribution in [0.25, 0.3) is 0 Å². The number of amides is 2. The summed E-state index contributed by atoms with van der Waals surface area (Å²) in [6, 6.07) is 12.5. The van der Waals surface area contributed by atoms with Crippen LogP contribution in [-0.4, -0.2) is 42.2 Å². The normalized spacial score (nSPS) is 11.7. The van der Waals surface area contributed by atoms with E-state index >= 15 is 0 Å². The highest BCUT2D eigenvalue weighted by atomic mass is 35.5. The molecule has 1 atom stereocenters. The molecule has 0 spiro atoms. The lowest BCUT2D eigenvalue weighted by Crippen LogP contribution is -2.49. The lowest BCUT2D eigenvalue weighted by Gasteiger charge is -2.30. The Morgan fingerprint density at radius 1 is 1.06 bits per heavy atom. The van der Waals surface area contributed by atoms with Gasteiger partial charge in [-0.15, -0.1) is 11.8 Å². The molecule has 5 nitrogen and oxygen atoms in total. The van der Waals surface area contributed by atoms with Crippen LogP contribution in [0.5, 0.6) is 5.75 Å². The third kappa shape index (κ3) is 8.76. The molecule has 33 heavy (non-hydrogen) atoms. The Bertz CT molecular complexity index is 909. The Balaban J connectivity index is 2.11. The number of unbranched alkanes of at least 4 members (excludes halogenated alkanes) is 1. The molecular formula is C25H32Cl2N2O3S. The SMILES string of the molecule is CCCCNC(=O)C(CC)N(Cc1ccc(OC)cc1)C(=O)CSCc1ccc(Cl)c(Cl)c1. The van der Waals surface area contributed by atoms with Gasteiger partial charge in [0, 0.05) is 18.8 Å². The van der Waals surface area contributed by atoms with Gasteiger partial charge in [0.15, 0.2) is 0 Å². The molecule has 0 bridgehead atoms. The van der Waals surface area contributed by atoms with Crippen molar-refractivity contribution >= 4 is 46.8 Å². The van der Waals surface area contributed by atoms with Gasteiger partial charge in [-0.05, 0) is 48.2 Å². The zero-order chi connectivity index (χ0) is 24.2. The van der Waals surface area contributed by atoms with Gasteiger partial charge in [0.2, 0.25) is 11.8 Å². The first-order valence-electron chi connectivity index (χ1n) is 11.1. The Morgan fingerprint density at radius 2 is 1.76 bits per heavy atom. The van der Waals surface area contributed by atoms with Crippen molar-refractivity contribution in [3.05, 3.63) is 63.6 Å². The van der Waals surface area contributed by atoms with Crippen LogP contribution in [0.3, 0.4) is 0 Å². The summed E-state index contributed by atoms with van der Waals surface area (Å²) in [7, 11) is 1.61. The third-order valence-corrected chi connectivity index (χ3v) is 6.93. The van der Waals surface area contributed by atoms with E-state index in [1.54, 1.807) is 18.1 Å². The Morgan fingerprint density at radius 3 is 2.36 bits per heavy atom. The van der Waals surface area contributed by atoms with Crippen molar-refractivity contribution in [2.24, 2.45) is 0 Å². The highest BCUT2D eigenvalue weighted by molar-refractivity contribution is 7.99. The number of hydrogen-bond acceptors (Lipinski definition) is 4. The quantitative estimate of drug-likeness (QED) is 0.337. The fourth-order valence-corrected chi connectivity index (χ4v) is 4.50. The van der Waals surface area contributed by atoms with Crippen LogP contribution < -0.4 is 10.1 Å². The van der Waals surface area contributed by atoms with E-state index in [0.717, 1.165) is 29.7 Å². The van der Waals surface area contributed by atoms with Crippen LogP contribution in [0.15, 0.2) is 42.5 Å². The molecular weight excluding hydrogens is 479 g/mol. The summed E-state index contributed by atoms with van der Waals surface area (Å²) in [5.41, 5.74) is 1.94. The second kappa shape index (κ2) is 14.4. The van der Waals surface area contributed by atoms with E-state index in [4.69, 9.17) is 27.9 Å². The van der Waals surface area contributed by atoms with Crippen molar-refractivity contribution in [2.75, 3.05) is 19.4 Å². The molecule has 1 N–H and O–H groups in total. The minimum Gasteiger partial charge on any atom is -0.497 e. The average molecular weight is 512 g/mol. The predicted molar refractivity (Wildman–Crippen MR) is 138 cm³/mol. The van der Waals surface area contributed by atoms with E-state index < -0.39 is 6.04 Å². The molecule has 0 heterocycles.